The van der Waals surface area contributed by atoms with E-state index in [-0.39, 0.29) is 6.03 Å². The molecule has 98 valence electrons. The van der Waals surface area contributed by atoms with Crippen molar-refractivity contribution < 1.29 is 4.79 Å². The van der Waals surface area contributed by atoms with E-state index < -0.39 is 0 Å². The summed E-state index contributed by atoms with van der Waals surface area (Å²) in [6.07, 6.45) is 5.73. The summed E-state index contributed by atoms with van der Waals surface area (Å²) in [6.45, 7) is 2.75. The highest BCUT2D eigenvalue weighted by atomic mass is 16.2. The Morgan fingerprint density at radius 2 is 1.89 bits per heavy atom. The molecular weight excluding hydrogens is 224 g/mol. The van der Waals surface area contributed by atoms with Crippen LogP contribution in [-0.2, 0) is 13.0 Å². The van der Waals surface area contributed by atoms with Gasteiger partial charge in [0.05, 0.1) is 0 Å². The Morgan fingerprint density at radius 1 is 1.22 bits per heavy atom. The molecule has 3 nitrogen and oxygen atoms in total. The molecule has 0 heterocycles. The molecule has 0 radical (unpaired) electrons. The van der Waals surface area contributed by atoms with Gasteiger partial charge in [-0.15, -0.1) is 0 Å². The van der Waals surface area contributed by atoms with Crippen LogP contribution >= 0.6 is 0 Å². The molecule has 1 saturated carbocycles. The van der Waals surface area contributed by atoms with Gasteiger partial charge in [-0.25, -0.2) is 4.79 Å². The molecule has 1 aromatic carbocycles. The fourth-order valence-corrected chi connectivity index (χ4v) is 2.56. The summed E-state index contributed by atoms with van der Waals surface area (Å²) < 4.78 is 0. The van der Waals surface area contributed by atoms with Crippen molar-refractivity contribution in [1.82, 2.24) is 10.6 Å². The second-order valence-corrected chi connectivity index (χ2v) is 4.93. The Labute approximate surface area is 109 Å². The third-order valence-electron chi connectivity index (χ3n) is 3.63. The number of carbonyl (C=O) groups excluding carboxylic acids is 1. The van der Waals surface area contributed by atoms with Crippen LogP contribution in [0.3, 0.4) is 0 Å². The van der Waals surface area contributed by atoms with Crippen molar-refractivity contribution in [1.29, 1.82) is 0 Å². The van der Waals surface area contributed by atoms with Crippen LogP contribution in [0.25, 0.3) is 0 Å². The Morgan fingerprint density at radius 3 is 2.56 bits per heavy atom. The van der Waals surface area contributed by atoms with E-state index in [1.165, 1.54) is 24.0 Å². The molecule has 0 aromatic heterocycles. The molecule has 2 amide bonds. The van der Waals surface area contributed by atoms with E-state index in [0.29, 0.717) is 12.6 Å². The Bertz CT molecular complexity index is 397. The average Bonchev–Trinajstić information content (AvgIpc) is 2.89. The first-order valence-corrected chi connectivity index (χ1v) is 6.90. The number of hydrogen-bond donors (Lipinski definition) is 2. The number of nitrogens with one attached hydrogen (secondary N) is 2. The van der Waals surface area contributed by atoms with Crippen molar-refractivity contribution in [2.45, 2.75) is 51.6 Å². The third kappa shape index (κ3) is 3.49. The van der Waals surface area contributed by atoms with Crippen molar-refractivity contribution >= 4 is 6.03 Å². The molecule has 0 atom stereocenters. The van der Waals surface area contributed by atoms with Crippen molar-refractivity contribution in [2.75, 3.05) is 0 Å². The molecule has 0 unspecified atom stereocenters. The van der Waals surface area contributed by atoms with Gasteiger partial charge in [0.15, 0.2) is 0 Å². The second-order valence-electron chi connectivity index (χ2n) is 4.93. The van der Waals surface area contributed by atoms with Crippen molar-refractivity contribution in [3.8, 4) is 0 Å². The van der Waals surface area contributed by atoms with E-state index in [2.05, 4.69) is 29.7 Å². The van der Waals surface area contributed by atoms with Gasteiger partial charge in [0.1, 0.15) is 0 Å². The van der Waals surface area contributed by atoms with Crippen LogP contribution in [0.5, 0.6) is 0 Å². The summed E-state index contributed by atoms with van der Waals surface area (Å²) in [6, 6.07) is 8.60. The first kappa shape index (κ1) is 12.9. The highest BCUT2D eigenvalue weighted by Crippen LogP contribution is 2.17. The van der Waals surface area contributed by atoms with E-state index in [0.717, 1.165) is 19.3 Å². The molecule has 1 aliphatic rings. The molecule has 18 heavy (non-hydrogen) atoms. The van der Waals surface area contributed by atoms with Gasteiger partial charge in [-0.3, -0.25) is 0 Å². The van der Waals surface area contributed by atoms with Crippen molar-refractivity contribution in [2.24, 2.45) is 0 Å². The topological polar surface area (TPSA) is 41.1 Å². The van der Waals surface area contributed by atoms with E-state index in [9.17, 15) is 4.79 Å². The van der Waals surface area contributed by atoms with Crippen LogP contribution in [0.15, 0.2) is 24.3 Å². The number of benzene rings is 1. The maximum Gasteiger partial charge on any atom is 0.315 e. The van der Waals surface area contributed by atoms with Gasteiger partial charge in [-0.05, 0) is 30.4 Å². The largest absolute Gasteiger partial charge is 0.335 e. The van der Waals surface area contributed by atoms with Crippen LogP contribution in [0.1, 0.15) is 43.7 Å². The maximum atomic E-state index is 11.7. The standard InChI is InChI=1S/C15H22N2O/c1-2-12-7-3-4-8-13(12)11-16-15(18)17-14-9-5-6-10-14/h3-4,7-8,14H,2,5-6,9-11H2,1H3,(H2,16,17,18). The SMILES string of the molecule is CCc1ccccc1CNC(=O)NC1CCCC1. The van der Waals surface area contributed by atoms with Gasteiger partial charge in [0, 0.05) is 12.6 Å². The first-order valence-electron chi connectivity index (χ1n) is 6.90. The van der Waals surface area contributed by atoms with Gasteiger partial charge in [-0.1, -0.05) is 44.0 Å². The average molecular weight is 246 g/mol. The summed E-state index contributed by atoms with van der Waals surface area (Å²) in [7, 11) is 0. The van der Waals surface area contributed by atoms with Crippen LogP contribution < -0.4 is 10.6 Å². The molecule has 2 N–H and O–H groups in total. The van der Waals surface area contributed by atoms with Crippen LogP contribution in [-0.4, -0.2) is 12.1 Å². The van der Waals surface area contributed by atoms with Crippen LogP contribution in [0.4, 0.5) is 4.79 Å². The molecular formula is C15H22N2O. The van der Waals surface area contributed by atoms with E-state index in [1.807, 2.05) is 12.1 Å². The van der Waals surface area contributed by atoms with Gasteiger partial charge in [-0.2, -0.15) is 0 Å². The van der Waals surface area contributed by atoms with Gasteiger partial charge in [0.25, 0.3) is 0 Å². The summed E-state index contributed by atoms with van der Waals surface area (Å²) >= 11 is 0. The Balaban J connectivity index is 1.81. The zero-order valence-electron chi connectivity index (χ0n) is 11.0. The lowest BCUT2D eigenvalue weighted by atomic mass is 10.1. The van der Waals surface area contributed by atoms with Crippen molar-refractivity contribution in [3.05, 3.63) is 35.4 Å². The minimum atomic E-state index is -0.0344. The normalized spacial score (nSPS) is 15.6. The molecule has 1 aliphatic carbocycles. The van der Waals surface area contributed by atoms with Crippen molar-refractivity contribution in [3.63, 3.8) is 0 Å². The highest BCUT2D eigenvalue weighted by Gasteiger charge is 2.16. The fourth-order valence-electron chi connectivity index (χ4n) is 2.56. The first-order chi connectivity index (χ1) is 8.79. The lowest BCUT2D eigenvalue weighted by Crippen LogP contribution is -2.40. The molecule has 3 heteroatoms. The molecule has 1 fully saturated rings. The lowest BCUT2D eigenvalue weighted by Gasteiger charge is -2.14. The number of rotatable bonds is 4. The van der Waals surface area contributed by atoms with Gasteiger partial charge < -0.3 is 10.6 Å². The van der Waals surface area contributed by atoms with Gasteiger partial charge >= 0.3 is 6.03 Å². The third-order valence-corrected chi connectivity index (χ3v) is 3.63. The summed E-state index contributed by atoms with van der Waals surface area (Å²) in [5, 5.41) is 5.99. The fraction of sp³-hybridized carbons (Fsp3) is 0.533. The summed E-state index contributed by atoms with van der Waals surface area (Å²) in [5.41, 5.74) is 2.51. The second kappa shape index (κ2) is 6.43. The predicted molar refractivity (Wildman–Crippen MR) is 73.4 cm³/mol. The summed E-state index contributed by atoms with van der Waals surface area (Å²) in [4.78, 5) is 11.7. The van der Waals surface area contributed by atoms with Crippen LogP contribution in [0, 0.1) is 0 Å². The minimum absolute atomic E-state index is 0.0344. The number of hydrogen-bond acceptors (Lipinski definition) is 1. The maximum absolute atomic E-state index is 11.7. The number of urea groups is 1. The quantitative estimate of drug-likeness (QED) is 0.842. The molecule has 0 spiro atoms. The minimum Gasteiger partial charge on any atom is -0.335 e. The summed E-state index contributed by atoms with van der Waals surface area (Å²) in [5.74, 6) is 0. The lowest BCUT2D eigenvalue weighted by molar-refractivity contribution is 0.236. The monoisotopic (exact) mass is 246 g/mol. The molecule has 0 bridgehead atoms. The Kier molecular flexibility index (Phi) is 4.62. The zero-order chi connectivity index (χ0) is 12.8. The van der Waals surface area contributed by atoms with E-state index in [4.69, 9.17) is 0 Å². The predicted octanol–water partition coefficient (Wildman–Crippen LogP) is 2.99. The number of amides is 2. The molecule has 2 rings (SSSR count). The molecule has 0 saturated heterocycles. The number of aryl methyl sites for hydroxylation is 1. The van der Waals surface area contributed by atoms with E-state index in [1.54, 1.807) is 0 Å². The van der Waals surface area contributed by atoms with Crippen LogP contribution in [0.2, 0.25) is 0 Å². The smallest absolute Gasteiger partial charge is 0.315 e. The molecule has 0 aliphatic heterocycles. The van der Waals surface area contributed by atoms with Gasteiger partial charge in [0.2, 0.25) is 0 Å². The molecule has 1 aromatic rings. The Hall–Kier alpha value is -1.51. The highest BCUT2D eigenvalue weighted by molar-refractivity contribution is 5.74. The van der Waals surface area contributed by atoms with E-state index >= 15 is 0 Å². The number of carbonyl (C=O) groups is 1. The zero-order valence-corrected chi connectivity index (χ0v) is 11.0.